The molecule has 4 heterocycles. The summed E-state index contributed by atoms with van der Waals surface area (Å²) in [6, 6.07) is 9.22. The minimum Gasteiger partial charge on any atom is -0.375 e. The van der Waals surface area contributed by atoms with Gasteiger partial charge in [0, 0.05) is 58.1 Å². The molecule has 0 spiro atoms. The second kappa shape index (κ2) is 10.2. The average molecular weight is 475 g/mol. The lowest BCUT2D eigenvalue weighted by molar-refractivity contribution is 0.224. The topological polar surface area (TPSA) is 74.1 Å². The van der Waals surface area contributed by atoms with Gasteiger partial charge in [-0.25, -0.2) is 9.97 Å². The molecule has 8 heteroatoms. The fourth-order valence-electron chi connectivity index (χ4n) is 5.42. The standard InChI is InChI=1S/C27H38N8/c1-19(2)35-13-10-23(11-14-35)31-27-25-24(29-18-30-27)26(32-33(25)4)28-15-20(3)16-34-12-9-21-7-5-6-8-22(21)17-34/h5-8,18,20,23H,1,9-17H2,2-4H3,(H,28,32)(H,29,30,31). The zero-order valence-electron chi connectivity index (χ0n) is 21.3. The van der Waals surface area contributed by atoms with Crippen molar-refractivity contribution in [3.63, 3.8) is 0 Å². The van der Waals surface area contributed by atoms with Gasteiger partial charge < -0.3 is 15.5 Å². The monoisotopic (exact) mass is 474 g/mol. The van der Waals surface area contributed by atoms with Crippen molar-refractivity contribution in [1.82, 2.24) is 29.5 Å². The van der Waals surface area contributed by atoms with Crippen molar-refractivity contribution >= 4 is 22.7 Å². The number of anilines is 2. The Balaban J connectivity index is 1.20. The molecule has 2 aliphatic heterocycles. The van der Waals surface area contributed by atoms with E-state index in [1.165, 1.54) is 11.1 Å². The highest BCUT2D eigenvalue weighted by atomic mass is 15.3. The van der Waals surface area contributed by atoms with Gasteiger partial charge in [0.25, 0.3) is 0 Å². The summed E-state index contributed by atoms with van der Waals surface area (Å²) in [5, 5.41) is 12.0. The molecule has 1 unspecified atom stereocenters. The highest BCUT2D eigenvalue weighted by molar-refractivity contribution is 5.93. The third-order valence-corrected chi connectivity index (χ3v) is 7.39. The van der Waals surface area contributed by atoms with Crippen molar-refractivity contribution in [2.45, 2.75) is 45.7 Å². The molecule has 8 nitrogen and oxygen atoms in total. The van der Waals surface area contributed by atoms with E-state index in [4.69, 9.17) is 5.10 Å². The Morgan fingerprint density at radius 1 is 1.11 bits per heavy atom. The van der Waals surface area contributed by atoms with Crippen LogP contribution in [0.1, 0.15) is 37.8 Å². The number of hydrogen-bond donors (Lipinski definition) is 2. The molecule has 186 valence electrons. The lowest BCUT2D eigenvalue weighted by Crippen LogP contribution is -2.38. The number of hydrogen-bond acceptors (Lipinski definition) is 7. The predicted octanol–water partition coefficient (Wildman–Crippen LogP) is 3.88. The predicted molar refractivity (Wildman–Crippen MR) is 142 cm³/mol. The van der Waals surface area contributed by atoms with Crippen molar-refractivity contribution in [1.29, 1.82) is 0 Å². The number of nitrogens with one attached hydrogen (secondary N) is 2. The zero-order chi connectivity index (χ0) is 24.4. The van der Waals surface area contributed by atoms with E-state index in [-0.39, 0.29) is 0 Å². The molecule has 1 fully saturated rings. The number of fused-ring (bicyclic) bond motifs is 2. The van der Waals surface area contributed by atoms with Gasteiger partial charge in [-0.2, -0.15) is 5.10 Å². The maximum Gasteiger partial charge on any atom is 0.174 e. The molecule has 1 saturated heterocycles. The van der Waals surface area contributed by atoms with Crippen molar-refractivity contribution < 1.29 is 0 Å². The van der Waals surface area contributed by atoms with E-state index in [0.29, 0.717) is 12.0 Å². The summed E-state index contributed by atoms with van der Waals surface area (Å²) < 4.78 is 1.90. The summed E-state index contributed by atoms with van der Waals surface area (Å²) in [5.74, 6) is 2.20. The van der Waals surface area contributed by atoms with Crippen molar-refractivity contribution in [2.75, 3.05) is 43.4 Å². The van der Waals surface area contributed by atoms with Crippen LogP contribution >= 0.6 is 0 Å². The molecule has 0 saturated carbocycles. The lowest BCUT2D eigenvalue weighted by Gasteiger charge is -2.34. The normalized spacial score (nSPS) is 17.9. The molecule has 35 heavy (non-hydrogen) atoms. The molecule has 2 N–H and O–H groups in total. The van der Waals surface area contributed by atoms with Gasteiger partial charge in [0.2, 0.25) is 0 Å². The Bertz CT molecular complexity index is 1180. The van der Waals surface area contributed by atoms with Crippen molar-refractivity contribution in [3.05, 3.63) is 54.0 Å². The van der Waals surface area contributed by atoms with Gasteiger partial charge in [-0.05, 0) is 43.2 Å². The molecule has 1 atom stereocenters. The maximum atomic E-state index is 4.76. The first-order valence-electron chi connectivity index (χ1n) is 12.9. The molecule has 2 aromatic heterocycles. The van der Waals surface area contributed by atoms with Gasteiger partial charge in [0.05, 0.1) is 0 Å². The molecule has 0 amide bonds. The van der Waals surface area contributed by atoms with Crippen LogP contribution in [-0.4, -0.2) is 68.3 Å². The van der Waals surface area contributed by atoms with E-state index in [2.05, 4.69) is 75.1 Å². The summed E-state index contributed by atoms with van der Waals surface area (Å²) in [4.78, 5) is 14.1. The number of likely N-dealkylation sites (tertiary alicyclic amines) is 1. The number of benzene rings is 1. The average Bonchev–Trinajstić information content (AvgIpc) is 3.19. The molecule has 0 radical (unpaired) electrons. The summed E-state index contributed by atoms with van der Waals surface area (Å²) in [6.45, 7) is 14.6. The molecular weight excluding hydrogens is 436 g/mol. The van der Waals surface area contributed by atoms with Crippen LogP contribution in [0.25, 0.3) is 11.0 Å². The summed E-state index contributed by atoms with van der Waals surface area (Å²) in [7, 11) is 1.97. The molecular formula is C27H38N8. The fourth-order valence-corrected chi connectivity index (χ4v) is 5.42. The highest BCUT2D eigenvalue weighted by Gasteiger charge is 2.22. The Labute approximate surface area is 208 Å². The molecule has 2 aliphatic rings. The first-order chi connectivity index (χ1) is 17.0. The third-order valence-electron chi connectivity index (χ3n) is 7.39. The highest BCUT2D eigenvalue weighted by Crippen LogP contribution is 2.27. The SMILES string of the molecule is C=C(C)N1CCC(Nc2ncnc3c(NCC(C)CN4CCc5ccccc5C4)nn(C)c23)CC1. The molecule has 0 bridgehead atoms. The molecule has 3 aromatic rings. The van der Waals surface area contributed by atoms with Crippen LogP contribution in [0.15, 0.2) is 42.9 Å². The van der Waals surface area contributed by atoms with Crippen LogP contribution in [0.3, 0.4) is 0 Å². The number of aryl methyl sites for hydroxylation is 1. The summed E-state index contributed by atoms with van der Waals surface area (Å²) >= 11 is 0. The maximum absolute atomic E-state index is 4.76. The van der Waals surface area contributed by atoms with Gasteiger partial charge in [-0.1, -0.05) is 37.8 Å². The quantitative estimate of drug-likeness (QED) is 0.513. The Hall–Kier alpha value is -3.13. The van der Waals surface area contributed by atoms with E-state index in [0.717, 1.165) is 86.9 Å². The van der Waals surface area contributed by atoms with Crippen LogP contribution in [-0.2, 0) is 20.0 Å². The second-order valence-electron chi connectivity index (χ2n) is 10.3. The lowest BCUT2D eigenvalue weighted by atomic mass is 9.99. The van der Waals surface area contributed by atoms with Crippen molar-refractivity contribution in [3.8, 4) is 0 Å². The van der Waals surface area contributed by atoms with Crippen molar-refractivity contribution in [2.24, 2.45) is 13.0 Å². The van der Waals surface area contributed by atoms with E-state index < -0.39 is 0 Å². The molecule has 1 aromatic carbocycles. The Morgan fingerprint density at radius 3 is 2.66 bits per heavy atom. The van der Waals surface area contributed by atoms with Crippen LogP contribution in [0, 0.1) is 5.92 Å². The number of allylic oxidation sites excluding steroid dienone is 1. The van der Waals surface area contributed by atoms with E-state index in [1.807, 2.05) is 11.7 Å². The number of nitrogens with zero attached hydrogens (tertiary/aromatic N) is 6. The van der Waals surface area contributed by atoms with Crippen LogP contribution in [0.4, 0.5) is 11.6 Å². The van der Waals surface area contributed by atoms with E-state index >= 15 is 0 Å². The second-order valence-corrected chi connectivity index (χ2v) is 10.3. The number of aromatic nitrogens is 4. The van der Waals surface area contributed by atoms with Gasteiger partial charge in [-0.15, -0.1) is 0 Å². The minimum atomic E-state index is 0.393. The molecule has 0 aliphatic carbocycles. The van der Waals surface area contributed by atoms with E-state index in [9.17, 15) is 0 Å². The van der Waals surface area contributed by atoms with Gasteiger partial charge >= 0.3 is 0 Å². The first-order valence-corrected chi connectivity index (χ1v) is 12.9. The Morgan fingerprint density at radius 2 is 1.89 bits per heavy atom. The molecule has 5 rings (SSSR count). The van der Waals surface area contributed by atoms with Crippen LogP contribution in [0.2, 0.25) is 0 Å². The Kier molecular flexibility index (Phi) is 6.90. The summed E-state index contributed by atoms with van der Waals surface area (Å²) in [5.41, 5.74) is 5.95. The minimum absolute atomic E-state index is 0.393. The first kappa shape index (κ1) is 23.6. The van der Waals surface area contributed by atoms with Crippen LogP contribution in [0.5, 0.6) is 0 Å². The van der Waals surface area contributed by atoms with E-state index in [1.54, 1.807) is 6.33 Å². The largest absolute Gasteiger partial charge is 0.375 e. The van der Waals surface area contributed by atoms with Crippen LogP contribution < -0.4 is 10.6 Å². The van der Waals surface area contributed by atoms with Gasteiger partial charge in [0.1, 0.15) is 17.4 Å². The smallest absolute Gasteiger partial charge is 0.174 e. The zero-order valence-corrected chi connectivity index (χ0v) is 21.3. The number of rotatable bonds is 8. The fraction of sp³-hybridized carbons (Fsp3) is 0.519. The van der Waals surface area contributed by atoms with Gasteiger partial charge in [-0.3, -0.25) is 9.58 Å². The number of piperidine rings is 1. The summed E-state index contributed by atoms with van der Waals surface area (Å²) in [6.07, 6.45) is 4.93. The van der Waals surface area contributed by atoms with Gasteiger partial charge in [0.15, 0.2) is 11.6 Å². The third kappa shape index (κ3) is 5.27.